The van der Waals surface area contributed by atoms with Gasteiger partial charge in [-0.05, 0) is 25.0 Å². The van der Waals surface area contributed by atoms with Crippen LogP contribution in [0.5, 0.6) is 5.88 Å². The fourth-order valence-electron chi connectivity index (χ4n) is 1.95. The third-order valence-corrected chi connectivity index (χ3v) is 3.86. The van der Waals surface area contributed by atoms with E-state index in [0.717, 1.165) is 11.3 Å². The van der Waals surface area contributed by atoms with Crippen molar-refractivity contribution in [3.05, 3.63) is 42.0 Å². The van der Waals surface area contributed by atoms with E-state index < -0.39 is 0 Å². The summed E-state index contributed by atoms with van der Waals surface area (Å²) in [6.45, 7) is 3.96. The molecule has 0 spiro atoms. The Morgan fingerprint density at radius 1 is 1.25 bits per heavy atom. The smallest absolute Gasteiger partial charge is 0.325 e. The molecule has 1 unspecified atom stereocenters. The molecule has 2 rings (SSSR count). The fraction of sp³-hybridized carbons (Fsp3) is 0.312. The largest absolute Gasteiger partial charge is 0.408 e. The van der Waals surface area contributed by atoms with Crippen molar-refractivity contribution in [1.82, 2.24) is 4.57 Å². The van der Waals surface area contributed by atoms with Crippen molar-refractivity contribution in [3.63, 3.8) is 0 Å². The minimum atomic E-state index is -0.382. The quantitative estimate of drug-likeness (QED) is 0.688. The van der Waals surface area contributed by atoms with Crippen molar-refractivity contribution in [2.24, 2.45) is 7.05 Å². The lowest BCUT2D eigenvalue weighted by Crippen LogP contribution is -2.21. The minimum absolute atomic E-state index is 0.313. The van der Waals surface area contributed by atoms with Gasteiger partial charge in [0, 0.05) is 13.1 Å². The zero-order chi connectivity index (χ0) is 14.7. The second-order valence-corrected chi connectivity index (χ2v) is 5.45. The van der Waals surface area contributed by atoms with E-state index in [-0.39, 0.29) is 11.2 Å². The normalized spacial score (nSPS) is 12.2. The Bertz CT molecular complexity index is 601. The van der Waals surface area contributed by atoms with Crippen LogP contribution in [0.4, 0.5) is 0 Å². The average Bonchev–Trinajstić information content (AvgIpc) is 2.80. The maximum absolute atomic E-state index is 11.8. The number of carbonyl (C=O) groups is 1. The third kappa shape index (κ3) is 3.07. The van der Waals surface area contributed by atoms with E-state index in [4.69, 9.17) is 4.74 Å². The topological polar surface area (TPSA) is 31.2 Å². The molecule has 3 nitrogen and oxygen atoms in total. The molecular weight excluding hydrogens is 270 g/mol. The number of aryl methyl sites for hydroxylation is 1. The highest BCUT2D eigenvalue weighted by molar-refractivity contribution is 7.81. The molecule has 0 radical (unpaired) electrons. The summed E-state index contributed by atoms with van der Waals surface area (Å²) in [5.74, 6) is 0.227. The lowest BCUT2D eigenvalue weighted by molar-refractivity contribution is -0.134. The predicted molar refractivity (Wildman–Crippen MR) is 84.3 cm³/mol. The maximum atomic E-state index is 11.8. The number of ether oxygens (including phenoxy) is 1. The second kappa shape index (κ2) is 6.18. The highest BCUT2D eigenvalue weighted by Crippen LogP contribution is 2.26. The van der Waals surface area contributed by atoms with Gasteiger partial charge in [0.25, 0.3) is 0 Å². The number of thiol groups is 1. The first kappa shape index (κ1) is 14.7. The molecule has 2 aromatic rings. The number of benzene rings is 1. The maximum Gasteiger partial charge on any atom is 0.325 e. The first-order valence-corrected chi connectivity index (χ1v) is 7.17. The van der Waals surface area contributed by atoms with Crippen molar-refractivity contribution in [2.75, 3.05) is 0 Å². The van der Waals surface area contributed by atoms with Gasteiger partial charge in [0.15, 0.2) is 0 Å². The van der Waals surface area contributed by atoms with E-state index in [2.05, 4.69) is 43.8 Å². The molecule has 1 atom stereocenters. The molecule has 1 aromatic heterocycles. The van der Waals surface area contributed by atoms with E-state index in [1.54, 1.807) is 0 Å². The summed E-state index contributed by atoms with van der Waals surface area (Å²) >= 11 is 4.19. The highest BCUT2D eigenvalue weighted by Gasteiger charge is 2.16. The van der Waals surface area contributed by atoms with Crippen LogP contribution in [0.2, 0.25) is 0 Å². The molecule has 0 fully saturated rings. The van der Waals surface area contributed by atoms with Crippen molar-refractivity contribution >= 4 is 18.6 Å². The van der Waals surface area contributed by atoms with Crippen LogP contribution >= 0.6 is 12.6 Å². The molecule has 0 saturated carbocycles. The summed E-state index contributed by atoms with van der Waals surface area (Å²) < 4.78 is 7.25. The van der Waals surface area contributed by atoms with Crippen LogP contribution in [0, 0.1) is 6.92 Å². The van der Waals surface area contributed by atoms with Gasteiger partial charge in [-0.15, -0.1) is 0 Å². The van der Waals surface area contributed by atoms with Crippen LogP contribution in [0.15, 0.2) is 36.4 Å². The summed E-state index contributed by atoms with van der Waals surface area (Å²) in [7, 11) is 1.89. The Morgan fingerprint density at radius 2 is 1.90 bits per heavy atom. The Balaban J connectivity index is 2.23. The zero-order valence-electron chi connectivity index (χ0n) is 12.0. The van der Waals surface area contributed by atoms with Gasteiger partial charge in [-0.1, -0.05) is 36.8 Å². The Hall–Kier alpha value is -1.68. The van der Waals surface area contributed by atoms with Crippen LogP contribution in [0.3, 0.4) is 0 Å². The summed E-state index contributed by atoms with van der Waals surface area (Å²) in [4.78, 5) is 11.8. The van der Waals surface area contributed by atoms with Crippen LogP contribution in [0.25, 0.3) is 11.3 Å². The monoisotopic (exact) mass is 289 g/mol. The van der Waals surface area contributed by atoms with E-state index in [0.29, 0.717) is 12.3 Å². The molecule has 1 aromatic carbocycles. The Kier molecular flexibility index (Phi) is 4.55. The van der Waals surface area contributed by atoms with Gasteiger partial charge in [-0.3, -0.25) is 4.79 Å². The summed E-state index contributed by atoms with van der Waals surface area (Å²) in [5, 5.41) is -0.382. The molecule has 1 heterocycles. The zero-order valence-corrected chi connectivity index (χ0v) is 12.9. The molecule has 0 aliphatic rings. The number of hydrogen-bond acceptors (Lipinski definition) is 3. The van der Waals surface area contributed by atoms with Gasteiger partial charge in [0.2, 0.25) is 5.88 Å². The van der Waals surface area contributed by atoms with Crippen molar-refractivity contribution in [1.29, 1.82) is 0 Å². The summed E-state index contributed by atoms with van der Waals surface area (Å²) in [5.41, 5.74) is 3.33. The van der Waals surface area contributed by atoms with Crippen molar-refractivity contribution in [3.8, 4) is 17.1 Å². The third-order valence-electron chi connectivity index (χ3n) is 3.29. The van der Waals surface area contributed by atoms with Gasteiger partial charge in [0.05, 0.1) is 10.9 Å². The predicted octanol–water partition coefficient (Wildman–Crippen LogP) is 3.61. The van der Waals surface area contributed by atoms with Gasteiger partial charge in [-0.2, -0.15) is 12.6 Å². The Labute approximate surface area is 125 Å². The van der Waals surface area contributed by atoms with E-state index in [9.17, 15) is 4.79 Å². The van der Waals surface area contributed by atoms with Crippen molar-refractivity contribution < 1.29 is 9.53 Å². The molecule has 0 N–H and O–H groups in total. The van der Waals surface area contributed by atoms with Crippen LogP contribution in [0.1, 0.15) is 18.9 Å². The minimum Gasteiger partial charge on any atom is -0.408 e. The molecule has 106 valence electrons. The lowest BCUT2D eigenvalue weighted by Gasteiger charge is -2.10. The molecule has 4 heteroatoms. The highest BCUT2D eigenvalue weighted by atomic mass is 32.1. The van der Waals surface area contributed by atoms with E-state index in [1.807, 2.05) is 30.7 Å². The number of hydrogen-bond donors (Lipinski definition) is 1. The van der Waals surface area contributed by atoms with Gasteiger partial charge >= 0.3 is 5.97 Å². The summed E-state index contributed by atoms with van der Waals surface area (Å²) in [6.07, 6.45) is 0.650. The van der Waals surface area contributed by atoms with Crippen LogP contribution in [-0.2, 0) is 11.8 Å². The van der Waals surface area contributed by atoms with E-state index in [1.165, 1.54) is 5.56 Å². The number of carbonyl (C=O) groups excluding carboxylic acids is 1. The molecule has 0 amide bonds. The SMILES string of the molecule is CCC(S)C(=O)Oc1ccc(-c2ccc(C)cc2)n1C. The van der Waals surface area contributed by atoms with Crippen LogP contribution < -0.4 is 4.74 Å². The Morgan fingerprint density at radius 3 is 2.50 bits per heavy atom. The first-order valence-electron chi connectivity index (χ1n) is 6.65. The molecule has 0 aliphatic carbocycles. The fourth-order valence-corrected chi connectivity index (χ4v) is 2.00. The van der Waals surface area contributed by atoms with Gasteiger partial charge < -0.3 is 9.30 Å². The second-order valence-electron chi connectivity index (χ2n) is 4.83. The number of nitrogens with zero attached hydrogens (tertiary/aromatic N) is 1. The molecular formula is C16H19NO2S. The lowest BCUT2D eigenvalue weighted by atomic mass is 10.1. The van der Waals surface area contributed by atoms with Crippen LogP contribution in [-0.4, -0.2) is 15.8 Å². The van der Waals surface area contributed by atoms with Crippen molar-refractivity contribution in [2.45, 2.75) is 25.5 Å². The number of esters is 1. The standard InChI is InChI=1S/C16H19NO2S/c1-4-14(20)16(18)19-15-10-9-13(17(15)3)12-7-5-11(2)6-8-12/h5-10,14,20H,4H2,1-3H3. The number of rotatable bonds is 4. The molecule has 20 heavy (non-hydrogen) atoms. The average molecular weight is 289 g/mol. The first-order chi connectivity index (χ1) is 9.52. The van der Waals surface area contributed by atoms with Gasteiger partial charge in [-0.25, -0.2) is 0 Å². The van der Waals surface area contributed by atoms with Gasteiger partial charge in [0.1, 0.15) is 0 Å². The molecule has 0 saturated heterocycles. The molecule has 0 aliphatic heterocycles. The number of aromatic nitrogens is 1. The van der Waals surface area contributed by atoms with E-state index >= 15 is 0 Å². The summed E-state index contributed by atoms with van der Waals surface area (Å²) in [6, 6.07) is 12.0. The molecule has 0 bridgehead atoms.